The third-order valence-electron chi connectivity index (χ3n) is 5.32. The zero-order valence-corrected chi connectivity index (χ0v) is 18.3. The minimum atomic E-state index is 0. The van der Waals surface area contributed by atoms with Crippen molar-refractivity contribution in [2.75, 3.05) is 39.4 Å². The Morgan fingerprint density at radius 2 is 2.04 bits per heavy atom. The molecule has 1 saturated carbocycles. The van der Waals surface area contributed by atoms with Crippen LogP contribution in [0.5, 0.6) is 0 Å². The lowest BCUT2D eigenvalue weighted by Crippen LogP contribution is -2.40. The Hall–Kier alpha value is -0.0400. The van der Waals surface area contributed by atoms with Crippen LogP contribution in [0.15, 0.2) is 4.99 Å². The molecule has 1 aliphatic carbocycles. The molecule has 142 valence electrons. The van der Waals surface area contributed by atoms with Gasteiger partial charge >= 0.3 is 0 Å². The van der Waals surface area contributed by atoms with E-state index in [2.05, 4.69) is 31.0 Å². The van der Waals surface area contributed by atoms with Gasteiger partial charge in [0.25, 0.3) is 0 Å². The van der Waals surface area contributed by atoms with E-state index in [0.717, 1.165) is 57.2 Å². The fraction of sp³-hybridized carbons (Fsp3) is 0.947. The van der Waals surface area contributed by atoms with E-state index >= 15 is 0 Å². The second-order valence-corrected chi connectivity index (χ2v) is 7.42. The number of nitrogens with zero attached hydrogens (tertiary/aromatic N) is 2. The fourth-order valence-corrected chi connectivity index (χ4v) is 4.05. The SMILES string of the molecule is CCNC(=NCCC1CCCC(C)C1)N1CCC(COCC)C1.I. The molecule has 0 aromatic carbocycles. The normalized spacial score (nSPS) is 27.9. The Balaban J connectivity index is 0.00000288. The first kappa shape index (κ1) is 22.0. The number of ether oxygens (including phenoxy) is 1. The van der Waals surface area contributed by atoms with E-state index < -0.39 is 0 Å². The Morgan fingerprint density at radius 1 is 1.21 bits per heavy atom. The van der Waals surface area contributed by atoms with Crippen LogP contribution in [0.3, 0.4) is 0 Å². The van der Waals surface area contributed by atoms with E-state index in [0.29, 0.717) is 5.92 Å². The Labute approximate surface area is 166 Å². The average molecular weight is 451 g/mol. The number of nitrogens with one attached hydrogen (secondary N) is 1. The highest BCUT2D eigenvalue weighted by atomic mass is 127. The molecular weight excluding hydrogens is 413 g/mol. The number of halogens is 1. The van der Waals surface area contributed by atoms with Gasteiger partial charge in [-0.05, 0) is 44.9 Å². The summed E-state index contributed by atoms with van der Waals surface area (Å²) in [6.45, 7) is 12.5. The van der Waals surface area contributed by atoms with Gasteiger partial charge in [-0.15, -0.1) is 24.0 Å². The third kappa shape index (κ3) is 7.46. The van der Waals surface area contributed by atoms with Crippen LogP contribution in [-0.4, -0.2) is 50.3 Å². The van der Waals surface area contributed by atoms with E-state index in [9.17, 15) is 0 Å². The van der Waals surface area contributed by atoms with Crippen molar-refractivity contribution in [1.29, 1.82) is 0 Å². The maximum atomic E-state index is 5.59. The second kappa shape index (κ2) is 12.3. The van der Waals surface area contributed by atoms with E-state index in [1.165, 1.54) is 38.5 Å². The molecule has 3 unspecified atom stereocenters. The van der Waals surface area contributed by atoms with Crippen LogP contribution in [0.25, 0.3) is 0 Å². The van der Waals surface area contributed by atoms with Crippen LogP contribution in [0.1, 0.15) is 59.3 Å². The quantitative estimate of drug-likeness (QED) is 0.359. The van der Waals surface area contributed by atoms with Gasteiger partial charge in [-0.1, -0.05) is 26.2 Å². The molecule has 0 aromatic heterocycles. The predicted octanol–water partition coefficient (Wildman–Crippen LogP) is 4.14. The Morgan fingerprint density at radius 3 is 2.75 bits per heavy atom. The maximum absolute atomic E-state index is 5.59. The largest absolute Gasteiger partial charge is 0.381 e. The molecule has 2 rings (SSSR count). The highest BCUT2D eigenvalue weighted by molar-refractivity contribution is 14.0. The van der Waals surface area contributed by atoms with Crippen molar-refractivity contribution >= 4 is 29.9 Å². The van der Waals surface area contributed by atoms with Gasteiger partial charge in [0.05, 0.1) is 6.61 Å². The van der Waals surface area contributed by atoms with Gasteiger partial charge in [-0.2, -0.15) is 0 Å². The molecule has 24 heavy (non-hydrogen) atoms. The molecule has 1 N–H and O–H groups in total. The summed E-state index contributed by atoms with van der Waals surface area (Å²) in [4.78, 5) is 7.35. The van der Waals surface area contributed by atoms with Crippen molar-refractivity contribution in [3.8, 4) is 0 Å². The summed E-state index contributed by atoms with van der Waals surface area (Å²) in [6.07, 6.45) is 8.15. The molecule has 2 fully saturated rings. The van der Waals surface area contributed by atoms with Crippen molar-refractivity contribution in [1.82, 2.24) is 10.2 Å². The summed E-state index contributed by atoms with van der Waals surface area (Å²) in [7, 11) is 0. The van der Waals surface area contributed by atoms with Gasteiger partial charge in [-0.3, -0.25) is 4.99 Å². The summed E-state index contributed by atoms with van der Waals surface area (Å²) in [5, 5.41) is 3.48. The van der Waals surface area contributed by atoms with Gasteiger partial charge in [-0.25, -0.2) is 0 Å². The first-order chi connectivity index (χ1) is 11.2. The Bertz CT molecular complexity index is 365. The van der Waals surface area contributed by atoms with Crippen LogP contribution in [-0.2, 0) is 4.74 Å². The average Bonchev–Trinajstić information content (AvgIpc) is 3.01. The summed E-state index contributed by atoms with van der Waals surface area (Å²) in [5.74, 6) is 3.60. The second-order valence-electron chi connectivity index (χ2n) is 7.42. The molecular formula is C19H38IN3O. The molecule has 0 amide bonds. The molecule has 0 radical (unpaired) electrons. The lowest BCUT2D eigenvalue weighted by Gasteiger charge is -2.26. The Kier molecular flexibility index (Phi) is 11.3. The van der Waals surface area contributed by atoms with E-state index in [-0.39, 0.29) is 24.0 Å². The highest BCUT2D eigenvalue weighted by Crippen LogP contribution is 2.30. The van der Waals surface area contributed by atoms with Gasteiger partial charge in [0.15, 0.2) is 5.96 Å². The molecule has 4 nitrogen and oxygen atoms in total. The summed E-state index contributed by atoms with van der Waals surface area (Å²) < 4.78 is 5.59. The molecule has 0 spiro atoms. The molecule has 1 aliphatic heterocycles. The third-order valence-corrected chi connectivity index (χ3v) is 5.32. The molecule has 1 heterocycles. The van der Waals surface area contributed by atoms with Gasteiger partial charge < -0.3 is 15.0 Å². The van der Waals surface area contributed by atoms with Crippen LogP contribution >= 0.6 is 24.0 Å². The number of guanidine groups is 1. The fourth-order valence-electron chi connectivity index (χ4n) is 4.05. The van der Waals surface area contributed by atoms with E-state index in [1.807, 2.05) is 0 Å². The molecule has 3 atom stereocenters. The number of likely N-dealkylation sites (tertiary alicyclic amines) is 1. The molecule has 0 bridgehead atoms. The van der Waals surface area contributed by atoms with Gasteiger partial charge in [0, 0.05) is 38.7 Å². The highest BCUT2D eigenvalue weighted by Gasteiger charge is 2.25. The summed E-state index contributed by atoms with van der Waals surface area (Å²) >= 11 is 0. The maximum Gasteiger partial charge on any atom is 0.193 e. The number of aliphatic imine (C=N–C) groups is 1. The zero-order valence-electron chi connectivity index (χ0n) is 15.9. The van der Waals surface area contributed by atoms with Crippen LogP contribution in [0, 0.1) is 17.8 Å². The molecule has 1 saturated heterocycles. The lowest BCUT2D eigenvalue weighted by atomic mass is 9.81. The summed E-state index contributed by atoms with van der Waals surface area (Å²) in [6, 6.07) is 0. The van der Waals surface area contributed by atoms with Crippen molar-refractivity contribution in [3.63, 3.8) is 0 Å². The van der Waals surface area contributed by atoms with Crippen molar-refractivity contribution in [2.24, 2.45) is 22.7 Å². The van der Waals surface area contributed by atoms with E-state index in [1.54, 1.807) is 0 Å². The van der Waals surface area contributed by atoms with Crippen LogP contribution < -0.4 is 5.32 Å². The van der Waals surface area contributed by atoms with Gasteiger partial charge in [0.1, 0.15) is 0 Å². The molecule has 5 heteroatoms. The minimum Gasteiger partial charge on any atom is -0.381 e. The first-order valence-electron chi connectivity index (χ1n) is 9.83. The lowest BCUT2D eigenvalue weighted by molar-refractivity contribution is 0.114. The van der Waals surface area contributed by atoms with Crippen molar-refractivity contribution < 1.29 is 4.74 Å². The number of hydrogen-bond acceptors (Lipinski definition) is 2. The van der Waals surface area contributed by atoms with Crippen LogP contribution in [0.4, 0.5) is 0 Å². The first-order valence-corrected chi connectivity index (χ1v) is 9.83. The van der Waals surface area contributed by atoms with E-state index in [4.69, 9.17) is 9.73 Å². The standard InChI is InChI=1S/C19H37N3O.HI/c1-4-20-19(22-12-10-18(14-22)15-23-5-2)21-11-9-17-8-6-7-16(3)13-17;/h16-18H,4-15H2,1-3H3,(H,20,21);1H. The zero-order chi connectivity index (χ0) is 16.5. The van der Waals surface area contributed by atoms with Crippen molar-refractivity contribution in [3.05, 3.63) is 0 Å². The number of rotatable bonds is 7. The molecule has 0 aromatic rings. The van der Waals surface area contributed by atoms with Crippen molar-refractivity contribution in [2.45, 2.75) is 59.3 Å². The van der Waals surface area contributed by atoms with Gasteiger partial charge in [0.2, 0.25) is 0 Å². The number of hydrogen-bond donors (Lipinski definition) is 1. The molecule has 2 aliphatic rings. The smallest absolute Gasteiger partial charge is 0.193 e. The topological polar surface area (TPSA) is 36.9 Å². The minimum absolute atomic E-state index is 0. The van der Waals surface area contributed by atoms with Crippen LogP contribution in [0.2, 0.25) is 0 Å². The monoisotopic (exact) mass is 451 g/mol. The predicted molar refractivity (Wildman–Crippen MR) is 113 cm³/mol. The summed E-state index contributed by atoms with van der Waals surface area (Å²) in [5.41, 5.74) is 0.